The third-order valence-corrected chi connectivity index (χ3v) is 7.04. The summed E-state index contributed by atoms with van der Waals surface area (Å²) in [5.41, 5.74) is 1.66. The molecule has 0 saturated carbocycles. The molecule has 1 aliphatic rings. The van der Waals surface area contributed by atoms with E-state index < -0.39 is 12.1 Å². The Morgan fingerprint density at radius 3 is 2.94 bits per heavy atom. The summed E-state index contributed by atoms with van der Waals surface area (Å²) in [4.78, 5) is 18.3. The Morgan fingerprint density at radius 2 is 2.18 bits per heavy atom. The molecule has 4 rings (SSSR count). The van der Waals surface area contributed by atoms with Crippen molar-refractivity contribution in [2.75, 3.05) is 26.7 Å². The van der Waals surface area contributed by atoms with E-state index in [9.17, 15) is 15.0 Å². The standard InChI is InChI=1S/C27H34N2O5/c1-33-22-7-8-25-24(17-22)23(10-12-28-25)26(30)9-6-19-11-14-29(18-20(19)16-27(31)32)13-2-4-21-5-3-15-34-21/h3,5,7-8,10,12,15,17,19-20,26,30H,2,4,6,9,11,13-14,16,18H2,1H3,(H,31,32)/t19-,20+,26-/m1/s1. The van der Waals surface area contributed by atoms with Crippen molar-refractivity contribution in [2.45, 2.75) is 44.6 Å². The van der Waals surface area contributed by atoms with Crippen LogP contribution < -0.4 is 4.74 Å². The minimum absolute atomic E-state index is 0.0938. The maximum atomic E-state index is 11.6. The fraction of sp³-hybridized carbons (Fsp3) is 0.481. The van der Waals surface area contributed by atoms with Gasteiger partial charge in [0.05, 0.1) is 25.0 Å². The highest BCUT2D eigenvalue weighted by atomic mass is 16.5. The Labute approximate surface area is 200 Å². The molecule has 0 aliphatic carbocycles. The summed E-state index contributed by atoms with van der Waals surface area (Å²) in [5.74, 6) is 1.35. The summed E-state index contributed by atoms with van der Waals surface area (Å²) in [6.07, 6.45) is 7.20. The van der Waals surface area contributed by atoms with Gasteiger partial charge in [0, 0.05) is 31.0 Å². The highest BCUT2D eigenvalue weighted by Gasteiger charge is 2.31. The Hall–Kier alpha value is -2.90. The van der Waals surface area contributed by atoms with Crippen molar-refractivity contribution < 1.29 is 24.2 Å². The highest BCUT2D eigenvalue weighted by molar-refractivity contribution is 5.83. The molecule has 0 radical (unpaired) electrons. The molecule has 182 valence electrons. The molecule has 1 aliphatic heterocycles. The first-order chi connectivity index (χ1) is 16.5. The van der Waals surface area contributed by atoms with Crippen molar-refractivity contribution in [3.8, 4) is 5.75 Å². The molecule has 2 aromatic heterocycles. The predicted molar refractivity (Wildman–Crippen MR) is 130 cm³/mol. The van der Waals surface area contributed by atoms with Crippen LogP contribution in [0.4, 0.5) is 0 Å². The minimum atomic E-state index is -0.750. The Bertz CT molecular complexity index is 1070. The summed E-state index contributed by atoms with van der Waals surface area (Å²) in [6.45, 7) is 2.70. The zero-order valence-corrected chi connectivity index (χ0v) is 19.7. The average molecular weight is 467 g/mol. The van der Waals surface area contributed by atoms with Crippen LogP contribution in [0.5, 0.6) is 5.75 Å². The van der Waals surface area contributed by atoms with Crippen molar-refractivity contribution in [1.29, 1.82) is 0 Å². The third-order valence-electron chi connectivity index (χ3n) is 7.04. The summed E-state index contributed by atoms with van der Waals surface area (Å²) < 4.78 is 10.8. The molecule has 1 aromatic carbocycles. The smallest absolute Gasteiger partial charge is 0.303 e. The van der Waals surface area contributed by atoms with Gasteiger partial charge in [0.15, 0.2) is 0 Å². The van der Waals surface area contributed by atoms with E-state index in [1.165, 1.54) is 0 Å². The van der Waals surface area contributed by atoms with Gasteiger partial charge in [-0.3, -0.25) is 9.78 Å². The van der Waals surface area contributed by atoms with Crippen molar-refractivity contribution in [3.05, 3.63) is 60.2 Å². The lowest BCUT2D eigenvalue weighted by Crippen LogP contribution is -2.42. The number of benzene rings is 1. The number of furan rings is 1. The number of methoxy groups -OCH3 is 1. The van der Waals surface area contributed by atoms with Crippen LogP contribution in [0.2, 0.25) is 0 Å². The van der Waals surface area contributed by atoms with Crippen molar-refractivity contribution in [2.24, 2.45) is 11.8 Å². The molecule has 34 heavy (non-hydrogen) atoms. The Morgan fingerprint density at radius 1 is 1.29 bits per heavy atom. The maximum Gasteiger partial charge on any atom is 0.303 e. The maximum absolute atomic E-state index is 11.6. The van der Waals surface area contributed by atoms with Crippen molar-refractivity contribution in [1.82, 2.24) is 9.88 Å². The molecule has 1 fully saturated rings. The SMILES string of the molecule is COc1ccc2nccc([C@H](O)CC[C@@H]3CCN(CCCc4ccco4)C[C@@H]3CC(=O)O)c2c1. The number of aliphatic hydroxyl groups excluding tert-OH is 1. The van der Waals surface area contributed by atoms with E-state index >= 15 is 0 Å². The first-order valence-electron chi connectivity index (χ1n) is 12.1. The summed E-state index contributed by atoms with van der Waals surface area (Å²) in [7, 11) is 1.62. The molecular formula is C27H34N2O5. The summed E-state index contributed by atoms with van der Waals surface area (Å²) in [5, 5.41) is 21.4. The number of carboxylic acids is 1. The van der Waals surface area contributed by atoms with Gasteiger partial charge in [0.2, 0.25) is 0 Å². The zero-order chi connectivity index (χ0) is 23.9. The van der Waals surface area contributed by atoms with Crippen LogP contribution in [-0.4, -0.2) is 52.8 Å². The number of piperidine rings is 1. The fourth-order valence-corrected chi connectivity index (χ4v) is 5.22. The average Bonchev–Trinajstić information content (AvgIpc) is 3.36. The van der Waals surface area contributed by atoms with Gasteiger partial charge in [-0.2, -0.15) is 0 Å². The van der Waals surface area contributed by atoms with Crippen LogP contribution in [0.15, 0.2) is 53.3 Å². The van der Waals surface area contributed by atoms with Crippen molar-refractivity contribution >= 4 is 16.9 Å². The normalized spacial score (nSPS) is 19.8. The van der Waals surface area contributed by atoms with Crippen LogP contribution in [0.25, 0.3) is 10.9 Å². The molecule has 0 bridgehead atoms. The zero-order valence-electron chi connectivity index (χ0n) is 19.7. The van der Waals surface area contributed by atoms with Crippen molar-refractivity contribution in [3.63, 3.8) is 0 Å². The number of pyridine rings is 1. The topological polar surface area (TPSA) is 96.0 Å². The summed E-state index contributed by atoms with van der Waals surface area (Å²) in [6, 6.07) is 11.4. The van der Waals surface area contributed by atoms with Gasteiger partial charge in [-0.25, -0.2) is 0 Å². The van der Waals surface area contributed by atoms with Crippen LogP contribution in [-0.2, 0) is 11.2 Å². The van der Waals surface area contributed by atoms with E-state index in [1.807, 2.05) is 36.4 Å². The molecule has 0 unspecified atom stereocenters. The van der Waals surface area contributed by atoms with Gasteiger partial charge in [0.25, 0.3) is 0 Å². The van der Waals surface area contributed by atoms with E-state index in [0.717, 1.165) is 73.3 Å². The largest absolute Gasteiger partial charge is 0.497 e. The molecule has 1 saturated heterocycles. The van der Waals surface area contributed by atoms with E-state index in [-0.39, 0.29) is 18.3 Å². The molecule has 2 N–H and O–H groups in total. The molecule has 7 nitrogen and oxygen atoms in total. The third kappa shape index (κ3) is 6.15. The number of rotatable bonds is 11. The van der Waals surface area contributed by atoms with Gasteiger partial charge in [0.1, 0.15) is 11.5 Å². The number of aliphatic carboxylic acids is 1. The number of hydrogen-bond donors (Lipinski definition) is 2. The lowest BCUT2D eigenvalue weighted by molar-refractivity contribution is -0.139. The first kappa shape index (κ1) is 24.2. The van der Waals surface area contributed by atoms with E-state index in [4.69, 9.17) is 9.15 Å². The number of nitrogens with zero attached hydrogens (tertiary/aromatic N) is 2. The second-order valence-corrected chi connectivity index (χ2v) is 9.27. The van der Waals surface area contributed by atoms with Crippen LogP contribution in [0.1, 0.15) is 49.5 Å². The number of ether oxygens (including phenoxy) is 1. The highest BCUT2D eigenvalue weighted by Crippen LogP contribution is 2.34. The van der Waals surface area contributed by atoms with Gasteiger partial charge >= 0.3 is 5.97 Å². The number of likely N-dealkylation sites (tertiary alicyclic amines) is 1. The van der Waals surface area contributed by atoms with E-state index in [1.54, 1.807) is 19.6 Å². The second kappa shape index (κ2) is 11.5. The van der Waals surface area contributed by atoms with Crippen LogP contribution in [0, 0.1) is 11.8 Å². The van der Waals surface area contributed by atoms with E-state index in [0.29, 0.717) is 6.42 Å². The Balaban J connectivity index is 1.35. The number of carbonyl (C=O) groups is 1. The van der Waals surface area contributed by atoms with Gasteiger partial charge in [-0.05, 0) is 92.6 Å². The second-order valence-electron chi connectivity index (χ2n) is 9.27. The number of hydrogen-bond acceptors (Lipinski definition) is 6. The molecule has 7 heteroatoms. The molecule has 3 aromatic rings. The number of aliphatic hydroxyl groups is 1. The molecule has 3 heterocycles. The number of aryl methyl sites for hydroxylation is 1. The lowest BCUT2D eigenvalue weighted by atomic mass is 9.79. The predicted octanol–water partition coefficient (Wildman–Crippen LogP) is 4.70. The lowest BCUT2D eigenvalue weighted by Gasteiger charge is -2.38. The molecule has 0 spiro atoms. The van der Waals surface area contributed by atoms with Gasteiger partial charge < -0.3 is 24.3 Å². The molecular weight excluding hydrogens is 432 g/mol. The first-order valence-corrected chi connectivity index (χ1v) is 12.1. The van der Waals surface area contributed by atoms with Crippen LogP contribution >= 0.6 is 0 Å². The quantitative estimate of drug-likeness (QED) is 0.423. The van der Waals surface area contributed by atoms with Crippen LogP contribution in [0.3, 0.4) is 0 Å². The van der Waals surface area contributed by atoms with E-state index in [2.05, 4.69) is 9.88 Å². The van der Waals surface area contributed by atoms with Gasteiger partial charge in [-0.15, -0.1) is 0 Å². The molecule has 0 amide bonds. The number of aromatic nitrogens is 1. The fourth-order valence-electron chi connectivity index (χ4n) is 5.22. The van der Waals surface area contributed by atoms with Gasteiger partial charge in [-0.1, -0.05) is 0 Å². The monoisotopic (exact) mass is 466 g/mol. The summed E-state index contributed by atoms with van der Waals surface area (Å²) >= 11 is 0. The molecule has 3 atom stereocenters. The number of fused-ring (bicyclic) bond motifs is 1. The number of carboxylic acid groups (broad SMARTS) is 1. The minimum Gasteiger partial charge on any atom is -0.497 e. The Kier molecular flexibility index (Phi) is 8.19.